The molecule has 44 valence electrons. The molecule has 1 atom stereocenters. The van der Waals surface area contributed by atoms with Gasteiger partial charge in [0.25, 0.3) is 0 Å². The highest BCUT2D eigenvalue weighted by Crippen LogP contribution is 2.11. The fraction of sp³-hybridized carbons (Fsp3) is 1.00. The minimum atomic E-state index is 1.02. The first-order valence-corrected chi connectivity index (χ1v) is 3.83. The van der Waals surface area contributed by atoms with Gasteiger partial charge in [-0.2, -0.15) is 0 Å². The lowest BCUT2D eigenvalue weighted by molar-refractivity contribution is 0.688. The van der Waals surface area contributed by atoms with Crippen LogP contribution in [0.25, 0.3) is 0 Å². The van der Waals surface area contributed by atoms with Gasteiger partial charge in [-0.05, 0) is 20.3 Å². The maximum atomic E-state index is 2.24. The van der Waals surface area contributed by atoms with Crippen molar-refractivity contribution >= 4 is 8.73 Å². The van der Waals surface area contributed by atoms with Gasteiger partial charge in [-0.3, -0.25) is 4.67 Å². The summed E-state index contributed by atoms with van der Waals surface area (Å²) in [5.41, 5.74) is 0. The Hall–Kier alpha value is 0.390. The van der Waals surface area contributed by atoms with Crippen molar-refractivity contribution in [2.75, 3.05) is 20.3 Å². The third-order valence-electron chi connectivity index (χ3n) is 0.678. The molecule has 0 aliphatic carbocycles. The van der Waals surface area contributed by atoms with Gasteiger partial charge in [0.2, 0.25) is 0 Å². The molecule has 1 unspecified atom stereocenters. The summed E-state index contributed by atoms with van der Waals surface area (Å²) >= 11 is 0. The Balaban J connectivity index is 2.68. The third kappa shape index (κ3) is 6.39. The van der Waals surface area contributed by atoms with Gasteiger partial charge in [-0.25, -0.2) is 0 Å². The van der Waals surface area contributed by atoms with Crippen molar-refractivity contribution in [3.05, 3.63) is 0 Å². The summed E-state index contributed by atoms with van der Waals surface area (Å²) in [6, 6.07) is 0. The van der Waals surface area contributed by atoms with Gasteiger partial charge in [-0.15, -0.1) is 0 Å². The Kier molecular flexibility index (Phi) is 4.80. The second kappa shape index (κ2) is 4.55. The summed E-state index contributed by atoms with van der Waals surface area (Å²) in [7, 11) is 5.26. The first-order valence-electron chi connectivity index (χ1n) is 2.68. The molecule has 0 aliphatic rings. The quantitative estimate of drug-likeness (QED) is 0.509. The fourth-order valence-electron chi connectivity index (χ4n) is 0.335. The Bertz CT molecular complexity index is 37.1. The van der Waals surface area contributed by atoms with Crippen LogP contribution in [0, 0.1) is 0 Å². The van der Waals surface area contributed by atoms with Crippen molar-refractivity contribution in [1.82, 2.24) is 4.67 Å². The molecule has 0 saturated carbocycles. The van der Waals surface area contributed by atoms with Gasteiger partial charge >= 0.3 is 0 Å². The van der Waals surface area contributed by atoms with E-state index in [9.17, 15) is 0 Å². The van der Waals surface area contributed by atoms with Gasteiger partial charge in [0.1, 0.15) is 0 Å². The molecule has 0 spiro atoms. The smallest absolute Gasteiger partial charge is 0.00995 e. The molecule has 7 heavy (non-hydrogen) atoms. The molecule has 0 bridgehead atoms. The molecular formula is C5H14NP. The minimum absolute atomic E-state index is 1.02. The van der Waals surface area contributed by atoms with Crippen LogP contribution in [0.15, 0.2) is 0 Å². The Morgan fingerprint density at radius 3 is 2.14 bits per heavy atom. The topological polar surface area (TPSA) is 3.24 Å². The third-order valence-corrected chi connectivity index (χ3v) is 2.03. The van der Waals surface area contributed by atoms with Crippen LogP contribution in [0.4, 0.5) is 0 Å². The van der Waals surface area contributed by atoms with Crippen molar-refractivity contribution < 1.29 is 0 Å². The standard InChI is InChI=1S/C5H14NP/c1-4-5-7-6(2)3/h7H,4-5H2,1-3H3. The van der Waals surface area contributed by atoms with Gasteiger partial charge in [0, 0.05) is 0 Å². The van der Waals surface area contributed by atoms with Gasteiger partial charge < -0.3 is 0 Å². The number of nitrogens with zero attached hydrogens (tertiary/aromatic N) is 1. The van der Waals surface area contributed by atoms with E-state index in [0.29, 0.717) is 0 Å². The lowest BCUT2D eigenvalue weighted by Crippen LogP contribution is -1.96. The van der Waals surface area contributed by atoms with Gasteiger partial charge in [0.15, 0.2) is 0 Å². The summed E-state index contributed by atoms with van der Waals surface area (Å²) in [5.74, 6) is 0. The lowest BCUT2D eigenvalue weighted by atomic mass is 10.6. The van der Waals surface area contributed by atoms with Crippen molar-refractivity contribution in [1.29, 1.82) is 0 Å². The van der Waals surface area contributed by atoms with Crippen LogP contribution in [-0.2, 0) is 0 Å². The van der Waals surface area contributed by atoms with E-state index in [2.05, 4.69) is 25.7 Å². The maximum absolute atomic E-state index is 2.24. The monoisotopic (exact) mass is 119 g/mol. The Morgan fingerprint density at radius 2 is 2.00 bits per heavy atom. The zero-order valence-corrected chi connectivity index (χ0v) is 6.36. The zero-order chi connectivity index (χ0) is 5.70. The number of hydrogen-bond donors (Lipinski definition) is 0. The minimum Gasteiger partial charge on any atom is -0.291 e. The van der Waals surface area contributed by atoms with E-state index >= 15 is 0 Å². The highest BCUT2D eigenvalue weighted by Gasteiger charge is 1.83. The largest absolute Gasteiger partial charge is 0.291 e. The summed E-state index contributed by atoms with van der Waals surface area (Å²) < 4.78 is 2.24. The molecule has 0 aliphatic heterocycles. The highest BCUT2D eigenvalue weighted by atomic mass is 31.1. The lowest BCUT2D eigenvalue weighted by Gasteiger charge is -2.05. The molecule has 0 aromatic rings. The fourth-order valence-corrected chi connectivity index (χ4v) is 1.01. The molecule has 1 nitrogen and oxygen atoms in total. The molecule has 0 amide bonds. The van der Waals surface area contributed by atoms with E-state index in [1.165, 1.54) is 12.6 Å². The molecule has 0 N–H and O–H groups in total. The summed E-state index contributed by atoms with van der Waals surface area (Å²) in [6.45, 7) is 2.22. The van der Waals surface area contributed by atoms with E-state index in [4.69, 9.17) is 0 Å². The van der Waals surface area contributed by atoms with E-state index in [-0.39, 0.29) is 0 Å². The average Bonchev–Trinajstić information content (AvgIpc) is 1.61. The van der Waals surface area contributed by atoms with Crippen LogP contribution in [-0.4, -0.2) is 24.9 Å². The predicted molar refractivity (Wildman–Crippen MR) is 37.2 cm³/mol. The van der Waals surface area contributed by atoms with Gasteiger partial charge in [-0.1, -0.05) is 22.1 Å². The molecule has 0 radical (unpaired) electrons. The molecule has 2 heteroatoms. The van der Waals surface area contributed by atoms with Crippen molar-refractivity contribution in [2.24, 2.45) is 0 Å². The first kappa shape index (κ1) is 7.39. The summed E-state index contributed by atoms with van der Waals surface area (Å²) in [5, 5.41) is 0. The van der Waals surface area contributed by atoms with E-state index < -0.39 is 0 Å². The molecule has 0 aromatic heterocycles. The van der Waals surface area contributed by atoms with Gasteiger partial charge in [0.05, 0.1) is 0 Å². The first-order chi connectivity index (χ1) is 3.27. The highest BCUT2D eigenvalue weighted by molar-refractivity contribution is 7.35. The predicted octanol–water partition coefficient (Wildman–Crippen LogP) is 1.55. The van der Waals surface area contributed by atoms with Crippen LogP contribution < -0.4 is 0 Å². The molecular weight excluding hydrogens is 105 g/mol. The Labute approximate surface area is 47.9 Å². The summed E-state index contributed by atoms with van der Waals surface area (Å²) in [4.78, 5) is 0. The molecule has 0 aromatic carbocycles. The maximum Gasteiger partial charge on any atom is -0.00995 e. The van der Waals surface area contributed by atoms with E-state index in [1.807, 2.05) is 0 Å². The SMILES string of the molecule is CCCPN(C)C. The van der Waals surface area contributed by atoms with E-state index in [1.54, 1.807) is 0 Å². The normalized spacial score (nSPS) is 12.0. The van der Waals surface area contributed by atoms with Crippen molar-refractivity contribution in [3.8, 4) is 0 Å². The average molecular weight is 119 g/mol. The van der Waals surface area contributed by atoms with E-state index in [0.717, 1.165) is 8.73 Å². The molecule has 0 rings (SSSR count). The second-order valence-electron chi connectivity index (χ2n) is 1.80. The second-order valence-corrected chi connectivity index (χ2v) is 3.51. The van der Waals surface area contributed by atoms with Crippen LogP contribution >= 0.6 is 8.73 Å². The zero-order valence-electron chi connectivity index (χ0n) is 5.36. The van der Waals surface area contributed by atoms with Crippen LogP contribution in [0.1, 0.15) is 13.3 Å². The molecule has 0 fully saturated rings. The van der Waals surface area contributed by atoms with Crippen LogP contribution in [0.2, 0.25) is 0 Å². The van der Waals surface area contributed by atoms with Crippen LogP contribution in [0.3, 0.4) is 0 Å². The summed E-state index contributed by atoms with van der Waals surface area (Å²) in [6.07, 6.45) is 2.67. The molecule has 0 heterocycles. The molecule has 0 saturated heterocycles. The number of hydrogen-bond acceptors (Lipinski definition) is 1. The van der Waals surface area contributed by atoms with Crippen LogP contribution in [0.5, 0.6) is 0 Å². The van der Waals surface area contributed by atoms with Crippen molar-refractivity contribution in [2.45, 2.75) is 13.3 Å². The van der Waals surface area contributed by atoms with Crippen molar-refractivity contribution in [3.63, 3.8) is 0 Å². The Morgan fingerprint density at radius 1 is 1.43 bits per heavy atom. The number of rotatable bonds is 3.